The molecular weight excluding hydrogens is 541 g/mol. The normalized spacial score (nSPS) is 14.1. The van der Waals surface area contributed by atoms with Crippen LogP contribution in [0.2, 0.25) is 0 Å². The van der Waals surface area contributed by atoms with Crippen molar-refractivity contribution in [2.24, 2.45) is 0 Å². The van der Waals surface area contributed by atoms with Gasteiger partial charge in [-0.3, -0.25) is 14.0 Å². The molecule has 14 heteroatoms. The Kier molecular flexibility index (Phi) is 8.40. The molecule has 214 valence electrons. The molecule has 0 atom stereocenters. The fourth-order valence-corrected chi connectivity index (χ4v) is 4.21. The van der Waals surface area contributed by atoms with Gasteiger partial charge in [-0.25, -0.2) is 18.6 Å². The lowest BCUT2D eigenvalue weighted by Crippen LogP contribution is -2.51. The highest BCUT2D eigenvalue weighted by Gasteiger charge is 2.38. The van der Waals surface area contributed by atoms with Crippen molar-refractivity contribution in [3.05, 3.63) is 71.3 Å². The molecule has 0 amide bonds. The minimum atomic E-state index is -5.08. The van der Waals surface area contributed by atoms with Gasteiger partial charge < -0.3 is 14.9 Å². The lowest BCUT2D eigenvalue weighted by molar-refractivity contribution is -0.192. The number of halogens is 5. The number of rotatable bonds is 7. The first-order valence-electron chi connectivity index (χ1n) is 12.1. The van der Waals surface area contributed by atoms with E-state index >= 15 is 0 Å². The molecule has 40 heavy (non-hydrogen) atoms. The number of β-amino-alcohol motifs (C(OH)–C–C–N with tert-alkyl or cyclic N) is 1. The highest BCUT2D eigenvalue weighted by Crippen LogP contribution is 2.31. The number of imidazole rings is 1. The van der Waals surface area contributed by atoms with Gasteiger partial charge >= 0.3 is 12.1 Å². The number of carboxylic acid groups (broad SMARTS) is 1. The van der Waals surface area contributed by atoms with Crippen molar-refractivity contribution in [1.29, 1.82) is 0 Å². The van der Waals surface area contributed by atoms with E-state index in [1.165, 1.54) is 18.2 Å². The third-order valence-electron chi connectivity index (χ3n) is 6.16. The maximum Gasteiger partial charge on any atom is 0.490 e. The number of carbonyl (C=O) groups is 1. The number of aromatic nitrogens is 4. The Morgan fingerprint density at radius 1 is 1.12 bits per heavy atom. The second-order valence-corrected chi connectivity index (χ2v) is 9.32. The van der Waals surface area contributed by atoms with Crippen LogP contribution < -0.4 is 4.74 Å². The number of fused-ring (bicyclic) bond motifs is 1. The summed E-state index contributed by atoms with van der Waals surface area (Å²) in [5.74, 6) is -3.58. The average molecular weight is 568 g/mol. The molecule has 1 aliphatic heterocycles. The van der Waals surface area contributed by atoms with E-state index in [0.717, 1.165) is 35.6 Å². The molecule has 5 rings (SSSR count). The van der Waals surface area contributed by atoms with Crippen molar-refractivity contribution in [1.82, 2.24) is 24.1 Å². The number of benzene rings is 1. The van der Waals surface area contributed by atoms with Crippen molar-refractivity contribution in [2.45, 2.75) is 39.3 Å². The van der Waals surface area contributed by atoms with Gasteiger partial charge in [0, 0.05) is 37.6 Å². The Hall–Kier alpha value is -4.04. The van der Waals surface area contributed by atoms with Crippen LogP contribution >= 0.6 is 0 Å². The van der Waals surface area contributed by atoms with Crippen molar-refractivity contribution in [3.8, 4) is 17.0 Å². The van der Waals surface area contributed by atoms with E-state index in [-0.39, 0.29) is 18.3 Å². The first-order valence-corrected chi connectivity index (χ1v) is 12.1. The number of ether oxygens (including phenoxy) is 1. The van der Waals surface area contributed by atoms with Crippen molar-refractivity contribution < 1.29 is 41.7 Å². The highest BCUT2D eigenvalue weighted by atomic mass is 19.4. The topological polar surface area (TPSA) is 105 Å². The molecule has 4 heterocycles. The van der Waals surface area contributed by atoms with Crippen LogP contribution in [0.15, 0.2) is 42.9 Å². The van der Waals surface area contributed by atoms with Crippen LogP contribution in [0.25, 0.3) is 16.9 Å². The fraction of sp³-hybridized carbons (Fsp3) is 0.346. The van der Waals surface area contributed by atoms with Crippen LogP contribution in [0, 0.1) is 25.5 Å². The molecule has 0 saturated carbocycles. The number of carboxylic acids is 1. The summed E-state index contributed by atoms with van der Waals surface area (Å²) in [7, 11) is 0. The van der Waals surface area contributed by atoms with Gasteiger partial charge in [-0.2, -0.15) is 18.3 Å². The van der Waals surface area contributed by atoms with Crippen molar-refractivity contribution in [3.63, 3.8) is 0 Å². The molecule has 3 aromatic heterocycles. The predicted molar refractivity (Wildman–Crippen MR) is 133 cm³/mol. The Labute approximate surface area is 225 Å². The molecule has 0 unspecified atom stereocenters. The molecule has 0 aliphatic carbocycles. The number of nitrogens with zero attached hydrogens (tertiary/aromatic N) is 5. The predicted octanol–water partition coefficient (Wildman–Crippen LogP) is 3.98. The molecule has 9 nitrogen and oxygen atoms in total. The Bertz CT molecular complexity index is 1490. The highest BCUT2D eigenvalue weighted by molar-refractivity contribution is 5.73. The first kappa shape index (κ1) is 29.0. The van der Waals surface area contributed by atoms with Gasteiger partial charge in [0.2, 0.25) is 0 Å². The molecule has 2 N–H and O–H groups in total. The van der Waals surface area contributed by atoms with Gasteiger partial charge in [0.15, 0.2) is 11.4 Å². The molecule has 0 spiro atoms. The minimum Gasteiger partial charge on any atom is -0.485 e. The molecular formula is C26H26F5N5O4. The SMILES string of the molecule is Cc1cc(OCc2c(F)cccc2F)c2nc(C)c(-c3cnn(CCN4CC(O)C4)c3)n2c1.O=C(O)C(F)(F)F. The fourth-order valence-electron chi connectivity index (χ4n) is 4.21. The second kappa shape index (κ2) is 11.6. The van der Waals surface area contributed by atoms with Gasteiger partial charge in [0.1, 0.15) is 18.2 Å². The third kappa shape index (κ3) is 6.57. The molecule has 1 aromatic carbocycles. The summed E-state index contributed by atoms with van der Waals surface area (Å²) in [6.07, 6.45) is 0.442. The molecule has 1 saturated heterocycles. The average Bonchev–Trinajstić information content (AvgIpc) is 3.43. The van der Waals surface area contributed by atoms with Gasteiger partial charge in [0.05, 0.1) is 35.8 Å². The van der Waals surface area contributed by atoms with Gasteiger partial charge in [-0.05, 0) is 37.6 Å². The lowest BCUT2D eigenvalue weighted by Gasteiger charge is -2.35. The maximum atomic E-state index is 14.0. The number of hydrogen-bond donors (Lipinski definition) is 2. The lowest BCUT2D eigenvalue weighted by atomic mass is 10.2. The van der Waals surface area contributed by atoms with Crippen molar-refractivity contribution >= 4 is 11.6 Å². The van der Waals surface area contributed by atoms with E-state index in [0.29, 0.717) is 24.5 Å². The second-order valence-electron chi connectivity index (χ2n) is 9.32. The van der Waals surface area contributed by atoms with E-state index in [1.807, 2.05) is 41.4 Å². The third-order valence-corrected chi connectivity index (χ3v) is 6.16. The van der Waals surface area contributed by atoms with Gasteiger partial charge in [-0.1, -0.05) is 6.07 Å². The summed E-state index contributed by atoms with van der Waals surface area (Å²) in [6, 6.07) is 5.58. The number of pyridine rings is 1. The van der Waals surface area contributed by atoms with Crippen LogP contribution in [-0.4, -0.2) is 72.2 Å². The molecule has 0 bridgehead atoms. The largest absolute Gasteiger partial charge is 0.490 e. The van der Waals surface area contributed by atoms with E-state index < -0.39 is 23.8 Å². The summed E-state index contributed by atoms with van der Waals surface area (Å²) in [6.45, 7) is 6.58. The summed E-state index contributed by atoms with van der Waals surface area (Å²) in [4.78, 5) is 15.8. The first-order chi connectivity index (χ1) is 18.8. The smallest absolute Gasteiger partial charge is 0.485 e. The maximum absolute atomic E-state index is 14.0. The number of aliphatic carboxylic acids is 1. The zero-order valence-electron chi connectivity index (χ0n) is 21.5. The number of likely N-dealkylation sites (tertiary alicyclic amines) is 1. The molecule has 1 aliphatic rings. The number of aliphatic hydroxyl groups is 1. The molecule has 0 radical (unpaired) electrons. The van der Waals surface area contributed by atoms with Crippen molar-refractivity contribution in [2.75, 3.05) is 19.6 Å². The zero-order chi connectivity index (χ0) is 29.2. The van der Waals surface area contributed by atoms with E-state index in [2.05, 4.69) is 15.0 Å². The quantitative estimate of drug-likeness (QED) is 0.326. The summed E-state index contributed by atoms with van der Waals surface area (Å²) >= 11 is 0. The van der Waals surface area contributed by atoms with E-state index in [1.54, 1.807) is 6.20 Å². The minimum absolute atomic E-state index is 0.114. The summed E-state index contributed by atoms with van der Waals surface area (Å²) in [5.41, 5.74) is 3.99. The van der Waals surface area contributed by atoms with Crippen LogP contribution in [0.1, 0.15) is 16.8 Å². The van der Waals surface area contributed by atoms with Crippen LogP contribution in [0.4, 0.5) is 22.0 Å². The van der Waals surface area contributed by atoms with Gasteiger partial charge in [-0.15, -0.1) is 0 Å². The number of alkyl halides is 3. The Morgan fingerprint density at radius 3 is 2.38 bits per heavy atom. The Balaban J connectivity index is 0.000000470. The standard InChI is InChI=1S/C24H25F2N5O2.C2HF3O2/c1-15-8-22(33-14-19-20(25)4-3-5-21(19)26)24-28-16(2)23(31(24)10-15)17-9-27-30(11-17)7-6-29-12-18(32)13-29;3-2(4,5)1(6)7/h3-5,8-11,18,32H,6-7,12-14H2,1-2H3;(H,6,7). The number of aryl methyl sites for hydroxylation is 2. The monoisotopic (exact) mass is 567 g/mol. The van der Waals surface area contributed by atoms with Crippen LogP contribution in [0.3, 0.4) is 0 Å². The molecule has 4 aromatic rings. The van der Waals surface area contributed by atoms with E-state index in [9.17, 15) is 27.1 Å². The summed E-state index contributed by atoms with van der Waals surface area (Å²) < 4.78 is 69.5. The number of aliphatic hydroxyl groups excluding tert-OH is 1. The zero-order valence-corrected chi connectivity index (χ0v) is 21.5. The number of hydrogen-bond acceptors (Lipinski definition) is 6. The molecule has 1 fully saturated rings. The van der Waals surface area contributed by atoms with E-state index in [4.69, 9.17) is 14.6 Å². The van der Waals surface area contributed by atoms with Crippen LogP contribution in [-0.2, 0) is 17.9 Å². The summed E-state index contributed by atoms with van der Waals surface area (Å²) in [5, 5.41) is 21.0. The van der Waals surface area contributed by atoms with Gasteiger partial charge in [0.25, 0.3) is 0 Å². The Morgan fingerprint density at radius 2 is 1.77 bits per heavy atom. The van der Waals surface area contributed by atoms with Crippen LogP contribution in [0.5, 0.6) is 5.75 Å².